The summed E-state index contributed by atoms with van der Waals surface area (Å²) in [7, 11) is 0. The lowest BCUT2D eigenvalue weighted by molar-refractivity contribution is -0.473. The lowest BCUT2D eigenvalue weighted by Crippen LogP contribution is -2.77. The van der Waals surface area contributed by atoms with Gasteiger partial charge in [0.15, 0.2) is 23.3 Å². The number of halogens is 2. The maximum absolute atomic E-state index is 13.9. The van der Waals surface area contributed by atoms with Crippen molar-refractivity contribution in [3.63, 3.8) is 0 Å². The molecule has 2 heterocycles. The highest BCUT2D eigenvalue weighted by molar-refractivity contribution is 5.89. The van der Waals surface area contributed by atoms with E-state index in [9.17, 15) is 23.5 Å². The predicted octanol–water partition coefficient (Wildman–Crippen LogP) is 3.46. The van der Waals surface area contributed by atoms with Crippen LogP contribution < -0.4 is 10.3 Å². The molecule has 4 rings (SSSR count). The third-order valence-electron chi connectivity index (χ3n) is 7.15. The van der Waals surface area contributed by atoms with Crippen LogP contribution in [0.5, 0.6) is 0 Å². The number of piperidine rings is 1. The van der Waals surface area contributed by atoms with Crippen molar-refractivity contribution in [2.75, 3.05) is 31.5 Å². The van der Waals surface area contributed by atoms with Crippen LogP contribution in [0.25, 0.3) is 0 Å². The molecule has 0 aromatic heterocycles. The summed E-state index contributed by atoms with van der Waals surface area (Å²) in [6.45, 7) is 7.93. The van der Waals surface area contributed by atoms with E-state index < -0.39 is 29.4 Å². The van der Waals surface area contributed by atoms with E-state index >= 15 is 0 Å². The summed E-state index contributed by atoms with van der Waals surface area (Å²) in [6, 6.07) is 10.2. The van der Waals surface area contributed by atoms with Gasteiger partial charge in [-0.2, -0.15) is 4.79 Å². The summed E-state index contributed by atoms with van der Waals surface area (Å²) >= 11 is 0. The number of amides is 2. The zero-order chi connectivity index (χ0) is 27.4. The van der Waals surface area contributed by atoms with Gasteiger partial charge in [0.05, 0.1) is 6.54 Å². The van der Waals surface area contributed by atoms with E-state index in [0.29, 0.717) is 18.0 Å². The summed E-state index contributed by atoms with van der Waals surface area (Å²) < 4.78 is 32.8. The van der Waals surface area contributed by atoms with Crippen LogP contribution in [-0.2, 0) is 9.53 Å². The lowest BCUT2D eigenvalue weighted by Gasteiger charge is -2.32. The highest BCUT2D eigenvalue weighted by Gasteiger charge is 2.57. The molecule has 0 radical (unpaired) electrons. The first kappa shape index (κ1) is 27.5. The molecule has 0 spiro atoms. The first-order valence-corrected chi connectivity index (χ1v) is 12.9. The van der Waals surface area contributed by atoms with Crippen molar-refractivity contribution in [2.24, 2.45) is 0 Å². The van der Waals surface area contributed by atoms with Gasteiger partial charge in [-0.15, -0.1) is 4.90 Å². The fraction of sp³-hybridized carbons (Fsp3) is 0.464. The van der Waals surface area contributed by atoms with E-state index in [1.165, 1.54) is 18.6 Å². The summed E-state index contributed by atoms with van der Waals surface area (Å²) in [6.07, 6.45) is 1.99. The molecule has 0 aliphatic carbocycles. The molecule has 2 aliphatic rings. The molecule has 0 saturated carbocycles. The topological polar surface area (TPSA) is 96.1 Å². The van der Waals surface area contributed by atoms with Crippen molar-refractivity contribution >= 4 is 23.7 Å². The molecular formula is C28H35F2N4O4+. The van der Waals surface area contributed by atoms with Crippen LogP contribution in [0.1, 0.15) is 63.1 Å². The zero-order valence-electron chi connectivity index (χ0n) is 22.0. The second-order valence-electron chi connectivity index (χ2n) is 10.4. The van der Waals surface area contributed by atoms with Crippen molar-refractivity contribution < 1.29 is 33.2 Å². The van der Waals surface area contributed by atoms with Gasteiger partial charge in [-0.25, -0.2) is 13.8 Å². The van der Waals surface area contributed by atoms with Gasteiger partial charge < -0.3 is 20.1 Å². The van der Waals surface area contributed by atoms with Crippen LogP contribution in [0.3, 0.4) is 0 Å². The molecule has 2 fully saturated rings. The van der Waals surface area contributed by atoms with Crippen LogP contribution in [0.2, 0.25) is 0 Å². The Labute approximate surface area is 221 Å². The number of amidine groups is 1. The van der Waals surface area contributed by atoms with Gasteiger partial charge in [0.25, 0.3) is 0 Å². The molecule has 2 saturated heterocycles. The zero-order valence-corrected chi connectivity index (χ0v) is 22.0. The SMILES string of the molecule is CC(=O)Nc1cccc(C2CCN(CCC[NH+]=C(O)N3C(=O)OC(C)(C)C3c3ccc(F)c(F)c3)CC2)c1. The van der Waals surface area contributed by atoms with Crippen LogP contribution in [0.15, 0.2) is 42.5 Å². The summed E-state index contributed by atoms with van der Waals surface area (Å²) in [5.41, 5.74) is 1.30. The molecule has 2 aliphatic heterocycles. The first-order chi connectivity index (χ1) is 18.0. The van der Waals surface area contributed by atoms with Gasteiger partial charge in [0.1, 0.15) is 0 Å². The van der Waals surface area contributed by atoms with Gasteiger partial charge in [-0.05, 0) is 81.9 Å². The average Bonchev–Trinajstić information content (AvgIpc) is 3.11. The smallest absolute Gasteiger partial charge is 0.447 e. The van der Waals surface area contributed by atoms with E-state index in [-0.39, 0.29) is 11.9 Å². The summed E-state index contributed by atoms with van der Waals surface area (Å²) in [5, 5.41) is 13.5. The normalized spacial score (nSPS) is 20.4. The molecular weight excluding hydrogens is 494 g/mol. The molecule has 2 aromatic carbocycles. The van der Waals surface area contributed by atoms with Gasteiger partial charge in [-0.1, -0.05) is 18.2 Å². The first-order valence-electron chi connectivity index (χ1n) is 12.9. The number of anilines is 1. The fourth-order valence-electron chi connectivity index (χ4n) is 5.34. The summed E-state index contributed by atoms with van der Waals surface area (Å²) in [5.74, 6) is -1.67. The quantitative estimate of drug-likeness (QED) is 0.290. The molecule has 2 aromatic rings. The number of ether oxygens (including phenoxy) is 1. The van der Waals surface area contributed by atoms with Gasteiger partial charge in [0, 0.05) is 24.7 Å². The number of rotatable bonds is 7. The third-order valence-corrected chi connectivity index (χ3v) is 7.15. The Hall–Kier alpha value is -3.53. The third kappa shape index (κ3) is 6.30. The van der Waals surface area contributed by atoms with E-state index in [1.807, 2.05) is 18.2 Å². The Balaban J connectivity index is 1.30. The van der Waals surface area contributed by atoms with Gasteiger partial charge in [0.2, 0.25) is 5.91 Å². The minimum atomic E-state index is -1.07. The van der Waals surface area contributed by atoms with Crippen molar-refractivity contribution in [3.05, 3.63) is 65.2 Å². The number of cyclic esters (lactones) is 1. The predicted molar refractivity (Wildman–Crippen MR) is 139 cm³/mol. The number of carbonyl (C=O) groups is 2. The molecule has 3 N–H and O–H groups in total. The van der Waals surface area contributed by atoms with Crippen LogP contribution >= 0.6 is 0 Å². The molecule has 8 nitrogen and oxygen atoms in total. The molecule has 0 bridgehead atoms. The minimum Gasteiger partial charge on any atom is -0.447 e. The molecule has 38 heavy (non-hydrogen) atoms. The van der Waals surface area contributed by atoms with Crippen molar-refractivity contribution in [1.29, 1.82) is 0 Å². The van der Waals surface area contributed by atoms with Crippen LogP contribution in [0, 0.1) is 11.6 Å². The van der Waals surface area contributed by atoms with E-state index in [1.54, 1.807) is 13.8 Å². The number of aliphatic hydroxyl groups is 1. The Morgan fingerprint density at radius 3 is 2.55 bits per heavy atom. The second-order valence-corrected chi connectivity index (χ2v) is 10.4. The number of carbonyl (C=O) groups excluding carboxylic acids is 2. The Morgan fingerprint density at radius 1 is 1.13 bits per heavy atom. The number of hydrogen-bond donors (Lipinski definition) is 3. The molecule has 10 heteroatoms. The molecule has 1 atom stereocenters. The van der Waals surface area contributed by atoms with E-state index in [4.69, 9.17) is 4.74 Å². The molecule has 1 unspecified atom stereocenters. The lowest BCUT2D eigenvalue weighted by atomic mass is 9.89. The largest absolute Gasteiger partial charge is 0.511 e. The van der Waals surface area contributed by atoms with Crippen LogP contribution in [0.4, 0.5) is 19.3 Å². The standard InChI is InChI=1S/C28H34F2N4O4/c1-18(35)32-22-7-4-6-20(16-22)19-10-14-33(15-11-19)13-5-12-31-26(36)34-25(28(2,3)38-27(34)37)21-8-9-23(29)24(30)17-21/h4,6-9,16-17,19,25H,5,10-15H2,1-3H3,(H,31,36)(H,32,35)/p+1. The molecule has 204 valence electrons. The number of nitrogens with zero attached hydrogens (tertiary/aromatic N) is 2. The minimum absolute atomic E-state index is 0.0842. The number of benzene rings is 2. The highest BCUT2D eigenvalue weighted by Crippen LogP contribution is 2.41. The molecule has 2 amide bonds. The highest BCUT2D eigenvalue weighted by atomic mass is 19.2. The van der Waals surface area contributed by atoms with Crippen LogP contribution in [-0.4, -0.2) is 64.7 Å². The van der Waals surface area contributed by atoms with Crippen molar-refractivity contribution in [3.8, 4) is 0 Å². The maximum Gasteiger partial charge on any atom is 0.511 e. The monoisotopic (exact) mass is 529 g/mol. The average molecular weight is 530 g/mol. The number of nitrogens with one attached hydrogen (secondary N) is 2. The Bertz CT molecular complexity index is 1210. The maximum atomic E-state index is 13.9. The second kappa shape index (κ2) is 11.5. The Kier molecular flexibility index (Phi) is 8.30. The number of hydrogen-bond acceptors (Lipinski definition) is 4. The Morgan fingerprint density at radius 2 is 1.87 bits per heavy atom. The van der Waals surface area contributed by atoms with E-state index in [2.05, 4.69) is 21.3 Å². The van der Waals surface area contributed by atoms with Gasteiger partial charge >= 0.3 is 12.1 Å². The fourth-order valence-corrected chi connectivity index (χ4v) is 5.34. The summed E-state index contributed by atoms with van der Waals surface area (Å²) in [4.78, 5) is 30.2. The number of likely N-dealkylation sites (tertiary alicyclic amines) is 1. The number of aliphatic hydroxyl groups excluding tert-OH is 1. The van der Waals surface area contributed by atoms with E-state index in [0.717, 1.165) is 61.6 Å². The van der Waals surface area contributed by atoms with Crippen molar-refractivity contribution in [2.45, 2.75) is 57.6 Å². The van der Waals surface area contributed by atoms with Crippen molar-refractivity contribution in [1.82, 2.24) is 9.80 Å². The van der Waals surface area contributed by atoms with Gasteiger partial charge in [-0.3, -0.25) is 4.79 Å².